The van der Waals surface area contributed by atoms with Gasteiger partial charge in [0.15, 0.2) is 0 Å². The molecule has 1 unspecified atom stereocenters. The predicted octanol–water partition coefficient (Wildman–Crippen LogP) is 3.75. The van der Waals surface area contributed by atoms with Crippen molar-refractivity contribution in [2.75, 3.05) is 0 Å². The number of hydrogen-bond donors (Lipinski definition) is 1. The van der Waals surface area contributed by atoms with Crippen LogP contribution < -0.4 is 5.32 Å². The lowest BCUT2D eigenvalue weighted by atomic mass is 10.1. The summed E-state index contributed by atoms with van der Waals surface area (Å²) in [4.78, 5) is 4.86. The average Bonchev–Trinajstić information content (AvgIpc) is 3.33. The third kappa shape index (κ3) is 3.44. The fourth-order valence-corrected chi connectivity index (χ4v) is 4.09. The normalized spacial score (nSPS) is 19.2. The highest BCUT2D eigenvalue weighted by Gasteiger charge is 2.29. The van der Waals surface area contributed by atoms with Crippen LogP contribution in [0.3, 0.4) is 0 Å². The second-order valence-electron chi connectivity index (χ2n) is 7.85. The molecule has 0 saturated heterocycles. The van der Waals surface area contributed by atoms with Crippen molar-refractivity contribution in [2.24, 2.45) is 0 Å². The van der Waals surface area contributed by atoms with E-state index in [2.05, 4.69) is 64.2 Å². The number of aryl methyl sites for hydroxylation is 2. The van der Waals surface area contributed by atoms with Crippen molar-refractivity contribution in [1.82, 2.24) is 24.6 Å². The molecule has 5 nitrogen and oxygen atoms in total. The average molecular weight is 361 g/mol. The zero-order valence-corrected chi connectivity index (χ0v) is 15.9. The van der Waals surface area contributed by atoms with Gasteiger partial charge in [0, 0.05) is 61.5 Å². The fraction of sp³-hybridized carbons (Fsp3) is 0.455. The maximum atomic E-state index is 4.86. The lowest BCUT2D eigenvalue weighted by molar-refractivity contribution is 0.378. The molecule has 3 heterocycles. The molecular formula is C22H27N5. The van der Waals surface area contributed by atoms with Crippen LogP contribution in [0.1, 0.15) is 49.2 Å². The van der Waals surface area contributed by atoms with Crippen LogP contribution in [-0.2, 0) is 26.1 Å². The first-order valence-corrected chi connectivity index (χ1v) is 10.2. The van der Waals surface area contributed by atoms with Crippen molar-refractivity contribution in [3.63, 3.8) is 0 Å². The Balaban J connectivity index is 1.27. The molecule has 0 radical (unpaired) electrons. The summed E-state index contributed by atoms with van der Waals surface area (Å²) < 4.78 is 4.42. The lowest BCUT2D eigenvalue weighted by Gasteiger charge is -2.24. The number of imidazole rings is 1. The molecule has 1 fully saturated rings. The van der Waals surface area contributed by atoms with E-state index in [9.17, 15) is 0 Å². The zero-order valence-electron chi connectivity index (χ0n) is 15.9. The smallest absolute Gasteiger partial charge is 0.109 e. The molecule has 1 N–H and O–H groups in total. The highest BCUT2D eigenvalue weighted by atomic mass is 15.3. The van der Waals surface area contributed by atoms with Crippen LogP contribution in [0, 0.1) is 0 Å². The summed E-state index contributed by atoms with van der Waals surface area (Å²) in [5.74, 6) is 1.92. The topological polar surface area (TPSA) is 47.7 Å². The molecule has 1 atom stereocenters. The molecule has 1 aliphatic heterocycles. The van der Waals surface area contributed by atoms with Crippen LogP contribution in [0.25, 0.3) is 11.3 Å². The number of rotatable bonds is 6. The molecule has 2 aromatic heterocycles. The minimum Gasteiger partial charge on any atom is -0.333 e. The van der Waals surface area contributed by atoms with Gasteiger partial charge in [-0.1, -0.05) is 30.3 Å². The van der Waals surface area contributed by atoms with Gasteiger partial charge in [-0.2, -0.15) is 5.10 Å². The Morgan fingerprint density at radius 1 is 1.11 bits per heavy atom. The Morgan fingerprint density at radius 2 is 1.96 bits per heavy atom. The Hall–Kier alpha value is -2.40. The van der Waals surface area contributed by atoms with Crippen molar-refractivity contribution >= 4 is 0 Å². The minimum absolute atomic E-state index is 0.493. The SMILES string of the molecule is CCn1cc(CNC2CCc3nc(-c4ccccc4)cn3C2)c(C2CC2)n1. The molecule has 140 valence electrons. The maximum Gasteiger partial charge on any atom is 0.109 e. The highest BCUT2D eigenvalue weighted by molar-refractivity contribution is 5.58. The van der Waals surface area contributed by atoms with Crippen molar-refractivity contribution in [2.45, 2.75) is 64.2 Å². The molecule has 1 aliphatic carbocycles. The van der Waals surface area contributed by atoms with Gasteiger partial charge in [-0.25, -0.2) is 4.98 Å². The third-order valence-electron chi connectivity index (χ3n) is 5.80. The van der Waals surface area contributed by atoms with Crippen molar-refractivity contribution in [3.05, 3.63) is 59.8 Å². The van der Waals surface area contributed by atoms with Gasteiger partial charge in [0.05, 0.1) is 11.4 Å². The quantitative estimate of drug-likeness (QED) is 0.727. The van der Waals surface area contributed by atoms with E-state index in [1.165, 1.54) is 35.5 Å². The number of aromatic nitrogens is 4. The number of nitrogens with zero attached hydrogens (tertiary/aromatic N) is 4. The van der Waals surface area contributed by atoms with Gasteiger partial charge in [-0.3, -0.25) is 4.68 Å². The van der Waals surface area contributed by atoms with E-state index in [-0.39, 0.29) is 0 Å². The zero-order chi connectivity index (χ0) is 18.2. The first-order valence-electron chi connectivity index (χ1n) is 10.2. The van der Waals surface area contributed by atoms with Crippen LogP contribution >= 0.6 is 0 Å². The summed E-state index contributed by atoms with van der Waals surface area (Å²) >= 11 is 0. The van der Waals surface area contributed by atoms with Crippen molar-refractivity contribution in [3.8, 4) is 11.3 Å². The van der Waals surface area contributed by atoms with Gasteiger partial charge in [-0.15, -0.1) is 0 Å². The van der Waals surface area contributed by atoms with Gasteiger partial charge in [-0.05, 0) is 26.2 Å². The lowest BCUT2D eigenvalue weighted by Crippen LogP contribution is -2.36. The van der Waals surface area contributed by atoms with E-state index in [0.29, 0.717) is 12.0 Å². The molecule has 5 heteroatoms. The number of hydrogen-bond acceptors (Lipinski definition) is 3. The Labute approximate surface area is 160 Å². The third-order valence-corrected chi connectivity index (χ3v) is 5.80. The molecule has 3 aromatic rings. The van der Waals surface area contributed by atoms with E-state index in [1.807, 2.05) is 0 Å². The van der Waals surface area contributed by atoms with E-state index in [0.717, 1.165) is 38.2 Å². The Morgan fingerprint density at radius 3 is 2.74 bits per heavy atom. The molecule has 0 bridgehead atoms. The predicted molar refractivity (Wildman–Crippen MR) is 106 cm³/mol. The van der Waals surface area contributed by atoms with Crippen LogP contribution in [-0.4, -0.2) is 25.4 Å². The largest absolute Gasteiger partial charge is 0.333 e. The summed E-state index contributed by atoms with van der Waals surface area (Å²) in [5.41, 5.74) is 5.01. The Kier molecular flexibility index (Phi) is 4.32. The van der Waals surface area contributed by atoms with Gasteiger partial charge < -0.3 is 9.88 Å². The molecular weight excluding hydrogens is 334 g/mol. The molecule has 1 aromatic carbocycles. The van der Waals surface area contributed by atoms with E-state index in [1.54, 1.807) is 0 Å². The molecule has 0 spiro atoms. The van der Waals surface area contributed by atoms with E-state index >= 15 is 0 Å². The Bertz CT molecular complexity index is 920. The molecule has 27 heavy (non-hydrogen) atoms. The minimum atomic E-state index is 0.493. The second kappa shape index (κ2) is 6.97. The standard InChI is InChI=1S/C22H27N5/c1-2-27-13-18(22(25-27)17-8-9-17)12-23-19-10-11-21-24-20(15-26(21)14-19)16-6-4-3-5-7-16/h3-7,13,15,17,19,23H,2,8-12,14H2,1H3. The van der Waals surface area contributed by atoms with Crippen LogP contribution in [0.4, 0.5) is 0 Å². The number of benzene rings is 1. The van der Waals surface area contributed by atoms with Gasteiger partial charge in [0.2, 0.25) is 0 Å². The monoisotopic (exact) mass is 361 g/mol. The molecule has 1 saturated carbocycles. The fourth-order valence-electron chi connectivity index (χ4n) is 4.09. The van der Waals surface area contributed by atoms with E-state index in [4.69, 9.17) is 10.1 Å². The van der Waals surface area contributed by atoms with Crippen LogP contribution in [0.15, 0.2) is 42.7 Å². The second-order valence-corrected chi connectivity index (χ2v) is 7.85. The van der Waals surface area contributed by atoms with Crippen molar-refractivity contribution in [1.29, 1.82) is 0 Å². The van der Waals surface area contributed by atoms with Crippen LogP contribution in [0.2, 0.25) is 0 Å². The first-order chi connectivity index (χ1) is 13.3. The number of nitrogens with one attached hydrogen (secondary N) is 1. The maximum absolute atomic E-state index is 4.86. The molecule has 0 amide bonds. The summed E-state index contributed by atoms with van der Waals surface area (Å²) in [7, 11) is 0. The van der Waals surface area contributed by atoms with Gasteiger partial charge in [0.1, 0.15) is 5.82 Å². The summed E-state index contributed by atoms with van der Waals surface area (Å²) in [6, 6.07) is 11.0. The van der Waals surface area contributed by atoms with Gasteiger partial charge >= 0.3 is 0 Å². The molecule has 2 aliphatic rings. The highest BCUT2D eigenvalue weighted by Crippen LogP contribution is 2.40. The summed E-state index contributed by atoms with van der Waals surface area (Å²) in [5, 5.41) is 8.58. The van der Waals surface area contributed by atoms with Crippen LogP contribution in [0.5, 0.6) is 0 Å². The van der Waals surface area contributed by atoms with Gasteiger partial charge in [0.25, 0.3) is 0 Å². The number of fused-ring (bicyclic) bond motifs is 1. The molecule has 5 rings (SSSR count). The van der Waals surface area contributed by atoms with E-state index < -0.39 is 0 Å². The summed E-state index contributed by atoms with van der Waals surface area (Å²) in [6.45, 7) is 5.03. The summed E-state index contributed by atoms with van der Waals surface area (Å²) in [6.07, 6.45) is 9.23. The van der Waals surface area contributed by atoms with Crippen molar-refractivity contribution < 1.29 is 0 Å². The first kappa shape index (κ1) is 16.8.